The summed E-state index contributed by atoms with van der Waals surface area (Å²) in [5, 5.41) is 5.54. The summed E-state index contributed by atoms with van der Waals surface area (Å²) in [6.45, 7) is 7.40. The number of anilines is 1. The molecule has 3 rings (SSSR count). The fourth-order valence-corrected chi connectivity index (χ4v) is 3.49. The number of hydrogen-bond acceptors (Lipinski definition) is 6. The molecule has 0 fully saturated rings. The first kappa shape index (κ1) is 25.5. The summed E-state index contributed by atoms with van der Waals surface area (Å²) in [5.74, 6) is -0.928. The van der Waals surface area contributed by atoms with E-state index in [1.165, 1.54) is 17.2 Å². The fourth-order valence-electron chi connectivity index (χ4n) is 3.49. The largest absolute Gasteiger partial charge is 0.492 e. The Morgan fingerprint density at radius 3 is 2.40 bits per heavy atom. The molecule has 184 valence electrons. The minimum Gasteiger partial charge on any atom is -0.492 e. The van der Waals surface area contributed by atoms with Crippen molar-refractivity contribution in [1.82, 2.24) is 15.6 Å². The Labute approximate surface area is 204 Å². The van der Waals surface area contributed by atoms with E-state index in [-0.39, 0.29) is 18.2 Å². The summed E-state index contributed by atoms with van der Waals surface area (Å²) in [4.78, 5) is 45.1. The van der Waals surface area contributed by atoms with Crippen LogP contribution in [0.15, 0.2) is 71.6 Å². The van der Waals surface area contributed by atoms with Crippen molar-refractivity contribution in [3.8, 4) is 5.75 Å². The van der Waals surface area contributed by atoms with Gasteiger partial charge in [-0.25, -0.2) is 0 Å². The monoisotopic (exact) mass is 478 g/mol. The number of benzene rings is 1. The van der Waals surface area contributed by atoms with Gasteiger partial charge >= 0.3 is 0 Å². The van der Waals surface area contributed by atoms with E-state index in [9.17, 15) is 14.4 Å². The summed E-state index contributed by atoms with van der Waals surface area (Å²) in [7, 11) is 0. The first-order chi connectivity index (χ1) is 16.7. The maximum absolute atomic E-state index is 13.7. The Balaban J connectivity index is 2.06. The van der Waals surface area contributed by atoms with Crippen LogP contribution in [0, 0.1) is 0 Å². The molecule has 1 aromatic carbocycles. The summed E-state index contributed by atoms with van der Waals surface area (Å²) < 4.78 is 10.9. The van der Waals surface area contributed by atoms with E-state index in [1.54, 1.807) is 54.9 Å². The highest BCUT2D eigenvalue weighted by Gasteiger charge is 2.36. The van der Waals surface area contributed by atoms with Crippen molar-refractivity contribution in [2.24, 2.45) is 0 Å². The topological polar surface area (TPSA) is 114 Å². The normalized spacial score (nSPS) is 11.9. The van der Waals surface area contributed by atoms with E-state index in [0.29, 0.717) is 23.6 Å². The van der Waals surface area contributed by atoms with Crippen molar-refractivity contribution in [3.05, 3.63) is 78.5 Å². The molecule has 0 saturated heterocycles. The van der Waals surface area contributed by atoms with Crippen molar-refractivity contribution >= 4 is 23.4 Å². The summed E-state index contributed by atoms with van der Waals surface area (Å²) in [5.41, 5.74) is 0.403. The van der Waals surface area contributed by atoms with Crippen molar-refractivity contribution in [2.45, 2.75) is 39.3 Å². The van der Waals surface area contributed by atoms with E-state index in [1.807, 2.05) is 27.7 Å². The van der Waals surface area contributed by atoms with E-state index in [0.717, 1.165) is 0 Å². The molecule has 0 aliphatic carbocycles. The van der Waals surface area contributed by atoms with Crippen molar-refractivity contribution in [1.29, 1.82) is 0 Å². The van der Waals surface area contributed by atoms with Crippen LogP contribution in [-0.4, -0.2) is 41.4 Å². The average molecular weight is 479 g/mol. The molecule has 0 bridgehead atoms. The Morgan fingerprint density at radius 1 is 1.06 bits per heavy atom. The average Bonchev–Trinajstić information content (AvgIpc) is 3.36. The number of para-hydroxylation sites is 2. The third-order valence-corrected chi connectivity index (χ3v) is 4.87. The first-order valence-electron chi connectivity index (χ1n) is 11.3. The standard InChI is InChI=1S/C26H30N4O5/c1-5-34-20-10-7-6-9-19(20)30(22(31)17-28-24(32)21-11-8-16-35-21)23(18-12-14-27-15-13-18)25(33)29-26(2,3)4/h6-16,23H,5,17H2,1-4H3,(H,28,32)(H,29,33)/t23-/m1/s1. The van der Waals surface area contributed by atoms with Gasteiger partial charge in [0.1, 0.15) is 11.8 Å². The van der Waals surface area contributed by atoms with Crippen molar-refractivity contribution < 1.29 is 23.5 Å². The van der Waals surface area contributed by atoms with Crippen LogP contribution in [0.1, 0.15) is 49.9 Å². The molecular formula is C26H30N4O5. The molecule has 0 radical (unpaired) electrons. The van der Waals surface area contributed by atoms with Gasteiger partial charge in [0.05, 0.1) is 25.1 Å². The second-order valence-electron chi connectivity index (χ2n) is 8.75. The van der Waals surface area contributed by atoms with Gasteiger partial charge in [-0.05, 0) is 69.7 Å². The number of aromatic nitrogens is 1. The van der Waals surface area contributed by atoms with Gasteiger partial charge in [-0.2, -0.15) is 0 Å². The molecule has 9 heteroatoms. The van der Waals surface area contributed by atoms with Gasteiger partial charge in [-0.3, -0.25) is 24.3 Å². The second-order valence-corrected chi connectivity index (χ2v) is 8.75. The van der Waals surface area contributed by atoms with Gasteiger partial charge in [-0.1, -0.05) is 12.1 Å². The molecule has 0 aliphatic heterocycles. The highest BCUT2D eigenvalue weighted by molar-refractivity contribution is 6.05. The van der Waals surface area contributed by atoms with Crippen LogP contribution < -0.4 is 20.3 Å². The van der Waals surface area contributed by atoms with Gasteiger partial charge < -0.3 is 19.8 Å². The first-order valence-corrected chi connectivity index (χ1v) is 11.3. The SMILES string of the molecule is CCOc1ccccc1N(C(=O)CNC(=O)c1ccco1)[C@@H](C(=O)NC(C)(C)C)c1ccncc1. The van der Waals surface area contributed by atoms with Crippen molar-refractivity contribution in [2.75, 3.05) is 18.1 Å². The second kappa shape index (κ2) is 11.3. The lowest BCUT2D eigenvalue weighted by Crippen LogP contribution is -2.51. The molecule has 0 unspecified atom stereocenters. The summed E-state index contributed by atoms with van der Waals surface area (Å²) >= 11 is 0. The number of nitrogens with one attached hydrogen (secondary N) is 2. The van der Waals surface area contributed by atoms with Crippen molar-refractivity contribution in [3.63, 3.8) is 0 Å². The molecule has 3 amide bonds. The van der Waals surface area contributed by atoms with Gasteiger partial charge in [0.2, 0.25) is 11.8 Å². The number of carbonyl (C=O) groups excluding carboxylic acids is 3. The molecule has 0 saturated carbocycles. The van der Waals surface area contributed by atoms with Gasteiger partial charge in [0.15, 0.2) is 5.76 Å². The molecule has 9 nitrogen and oxygen atoms in total. The van der Waals surface area contributed by atoms with E-state index < -0.39 is 23.4 Å². The third kappa shape index (κ3) is 6.69. The highest BCUT2D eigenvalue weighted by Crippen LogP contribution is 2.35. The number of rotatable bonds is 9. The number of nitrogens with zero attached hydrogens (tertiary/aromatic N) is 2. The molecule has 2 heterocycles. The zero-order valence-electron chi connectivity index (χ0n) is 20.3. The Hall–Kier alpha value is -4.14. The Bertz CT molecular complexity index is 1140. The maximum atomic E-state index is 13.7. The number of ether oxygens (including phenoxy) is 1. The number of furan rings is 1. The lowest BCUT2D eigenvalue weighted by atomic mass is 10.0. The van der Waals surface area contributed by atoms with Gasteiger partial charge in [-0.15, -0.1) is 0 Å². The highest BCUT2D eigenvalue weighted by atomic mass is 16.5. The van der Waals surface area contributed by atoms with Crippen LogP contribution in [0.25, 0.3) is 0 Å². The Kier molecular flexibility index (Phi) is 8.25. The zero-order valence-corrected chi connectivity index (χ0v) is 20.3. The maximum Gasteiger partial charge on any atom is 0.287 e. The van der Waals surface area contributed by atoms with Gasteiger partial charge in [0, 0.05) is 17.9 Å². The lowest BCUT2D eigenvalue weighted by Gasteiger charge is -2.34. The molecule has 2 aromatic heterocycles. The third-order valence-electron chi connectivity index (χ3n) is 4.87. The van der Waals surface area contributed by atoms with Crippen LogP contribution >= 0.6 is 0 Å². The fraction of sp³-hybridized carbons (Fsp3) is 0.308. The minimum atomic E-state index is -1.05. The summed E-state index contributed by atoms with van der Waals surface area (Å²) in [6, 6.07) is 12.4. The quantitative estimate of drug-likeness (QED) is 0.487. The van der Waals surface area contributed by atoms with E-state index >= 15 is 0 Å². The van der Waals surface area contributed by atoms with E-state index in [4.69, 9.17) is 9.15 Å². The smallest absolute Gasteiger partial charge is 0.287 e. The molecule has 35 heavy (non-hydrogen) atoms. The molecule has 1 atom stereocenters. The number of pyridine rings is 1. The predicted octanol–water partition coefficient (Wildman–Crippen LogP) is 3.49. The Morgan fingerprint density at radius 2 is 1.77 bits per heavy atom. The van der Waals surface area contributed by atoms with Crippen LogP contribution in [0.3, 0.4) is 0 Å². The van der Waals surface area contributed by atoms with Gasteiger partial charge in [0.25, 0.3) is 5.91 Å². The molecule has 0 spiro atoms. The minimum absolute atomic E-state index is 0.0789. The van der Waals surface area contributed by atoms with Crippen LogP contribution in [0.2, 0.25) is 0 Å². The molecule has 3 aromatic rings. The summed E-state index contributed by atoms with van der Waals surface area (Å²) in [6.07, 6.45) is 4.49. The number of carbonyl (C=O) groups is 3. The number of hydrogen-bond donors (Lipinski definition) is 2. The predicted molar refractivity (Wildman–Crippen MR) is 131 cm³/mol. The van der Waals surface area contributed by atoms with Crippen LogP contribution in [0.4, 0.5) is 5.69 Å². The zero-order chi connectivity index (χ0) is 25.4. The molecule has 0 aliphatic rings. The molecular weight excluding hydrogens is 448 g/mol. The number of amides is 3. The van der Waals surface area contributed by atoms with E-state index in [2.05, 4.69) is 15.6 Å². The van der Waals surface area contributed by atoms with Crippen LogP contribution in [0.5, 0.6) is 5.75 Å². The van der Waals surface area contributed by atoms with Crippen LogP contribution in [-0.2, 0) is 9.59 Å². The lowest BCUT2D eigenvalue weighted by molar-refractivity contribution is -0.127. The molecule has 2 N–H and O–H groups in total.